The van der Waals surface area contributed by atoms with Gasteiger partial charge in [0.15, 0.2) is 6.29 Å². The molecule has 1 saturated heterocycles. The Morgan fingerprint density at radius 2 is 0.803 bits per heavy atom. The summed E-state index contributed by atoms with van der Waals surface area (Å²) in [5.74, 6) is -0.188. The highest BCUT2D eigenvalue weighted by Crippen LogP contribution is 2.23. The number of aliphatic hydroxyl groups is 5. The van der Waals surface area contributed by atoms with Gasteiger partial charge in [0.05, 0.1) is 25.4 Å². The van der Waals surface area contributed by atoms with Crippen molar-refractivity contribution in [1.29, 1.82) is 0 Å². The normalized spacial score (nSPS) is 19.6. The van der Waals surface area contributed by atoms with E-state index in [4.69, 9.17) is 9.47 Å². The number of carbonyl (C=O) groups excluding carboxylic acids is 1. The summed E-state index contributed by atoms with van der Waals surface area (Å²) in [4.78, 5) is 13.1. The monoisotopic (exact) mass is 1000 g/mol. The number of aliphatic hydroxyl groups excluding tert-OH is 5. The first-order valence-electron chi connectivity index (χ1n) is 30.4. The van der Waals surface area contributed by atoms with E-state index in [1.807, 2.05) is 6.08 Å². The highest BCUT2D eigenvalue weighted by atomic mass is 16.7. The van der Waals surface area contributed by atoms with Crippen molar-refractivity contribution in [1.82, 2.24) is 5.32 Å². The highest BCUT2D eigenvalue weighted by molar-refractivity contribution is 5.76. The van der Waals surface area contributed by atoms with E-state index in [9.17, 15) is 30.3 Å². The molecule has 0 aromatic rings. The lowest BCUT2D eigenvalue weighted by molar-refractivity contribution is -0.302. The summed E-state index contributed by atoms with van der Waals surface area (Å²) in [5, 5.41) is 54.5. The molecule has 0 aromatic carbocycles. The number of carbonyl (C=O) groups is 1. The number of rotatable bonds is 52. The third-order valence-electron chi connectivity index (χ3n) is 14.4. The van der Waals surface area contributed by atoms with E-state index in [0.717, 1.165) is 44.9 Å². The van der Waals surface area contributed by atoms with E-state index >= 15 is 0 Å². The van der Waals surface area contributed by atoms with Gasteiger partial charge in [-0.2, -0.15) is 0 Å². The van der Waals surface area contributed by atoms with Crippen molar-refractivity contribution in [3.05, 3.63) is 48.6 Å². The van der Waals surface area contributed by atoms with Crippen LogP contribution in [0.2, 0.25) is 0 Å². The van der Waals surface area contributed by atoms with Crippen LogP contribution in [-0.2, 0) is 14.3 Å². The summed E-state index contributed by atoms with van der Waals surface area (Å²) in [7, 11) is 0. The zero-order valence-electron chi connectivity index (χ0n) is 46.2. The zero-order chi connectivity index (χ0) is 51.5. The Morgan fingerprint density at radius 3 is 1.18 bits per heavy atom. The van der Waals surface area contributed by atoms with Gasteiger partial charge in [-0.15, -0.1) is 0 Å². The van der Waals surface area contributed by atoms with Crippen LogP contribution < -0.4 is 5.32 Å². The maximum Gasteiger partial charge on any atom is 0.220 e. The number of hydrogen-bond donors (Lipinski definition) is 6. The molecule has 7 atom stereocenters. The van der Waals surface area contributed by atoms with E-state index in [-0.39, 0.29) is 12.5 Å². The fourth-order valence-electron chi connectivity index (χ4n) is 9.54. The Hall–Kier alpha value is -1.85. The molecule has 1 aliphatic heterocycles. The highest BCUT2D eigenvalue weighted by Gasteiger charge is 2.44. The van der Waals surface area contributed by atoms with Crippen molar-refractivity contribution in [3.63, 3.8) is 0 Å². The van der Waals surface area contributed by atoms with Crippen LogP contribution in [0.25, 0.3) is 0 Å². The van der Waals surface area contributed by atoms with Crippen molar-refractivity contribution in [2.75, 3.05) is 13.2 Å². The fourth-order valence-corrected chi connectivity index (χ4v) is 9.54. The Balaban J connectivity index is 2.22. The van der Waals surface area contributed by atoms with Crippen LogP contribution in [0.5, 0.6) is 0 Å². The molecule has 0 radical (unpaired) electrons. The van der Waals surface area contributed by atoms with Gasteiger partial charge in [-0.25, -0.2) is 0 Å². The second-order valence-corrected chi connectivity index (χ2v) is 21.1. The number of allylic oxidation sites excluding steroid dienone is 7. The molecule has 416 valence electrons. The number of ether oxygens (including phenoxy) is 2. The minimum Gasteiger partial charge on any atom is -0.394 e. The predicted octanol–water partition coefficient (Wildman–Crippen LogP) is 15.3. The molecule has 1 amide bonds. The van der Waals surface area contributed by atoms with Crippen LogP contribution in [0.1, 0.15) is 284 Å². The molecule has 1 heterocycles. The van der Waals surface area contributed by atoms with E-state index in [0.29, 0.717) is 6.42 Å². The second-order valence-electron chi connectivity index (χ2n) is 21.1. The molecule has 0 saturated carbocycles. The quantitative estimate of drug-likeness (QED) is 0.0261. The van der Waals surface area contributed by atoms with Gasteiger partial charge in [-0.3, -0.25) is 4.79 Å². The molecule has 9 nitrogen and oxygen atoms in total. The summed E-state index contributed by atoms with van der Waals surface area (Å²) >= 11 is 0. The third kappa shape index (κ3) is 41.1. The molecule has 71 heavy (non-hydrogen) atoms. The number of amides is 1. The van der Waals surface area contributed by atoms with Crippen LogP contribution >= 0.6 is 0 Å². The first kappa shape index (κ1) is 67.2. The molecule has 1 rings (SSSR count). The molecule has 1 fully saturated rings. The first-order chi connectivity index (χ1) is 34.8. The van der Waals surface area contributed by atoms with E-state index in [2.05, 4.69) is 55.6 Å². The molecule has 0 aliphatic carbocycles. The van der Waals surface area contributed by atoms with E-state index < -0.39 is 49.5 Å². The minimum atomic E-state index is -1.58. The fraction of sp³-hybridized carbons (Fsp3) is 0.855. The van der Waals surface area contributed by atoms with Gasteiger partial charge in [0.25, 0.3) is 0 Å². The van der Waals surface area contributed by atoms with Crippen molar-refractivity contribution in [2.45, 2.75) is 326 Å². The largest absolute Gasteiger partial charge is 0.394 e. The van der Waals surface area contributed by atoms with E-state index in [1.54, 1.807) is 6.08 Å². The molecular formula is C62H115NO8. The molecule has 0 spiro atoms. The molecular weight excluding hydrogens is 887 g/mol. The standard InChI is InChI=1S/C62H115NO8/c1-3-5-7-9-11-13-15-17-19-21-23-25-26-27-28-29-30-32-34-36-38-40-42-44-46-48-50-52-58(66)63-55(54-70-62-61(69)60(68)59(67)57(53-64)71-62)56(65)51-49-47-45-43-41-39-37-35-33-31-24-22-20-18-16-14-12-10-8-6-4-2/h21,23,33,35,41,43,49,51,55-57,59-62,64-65,67-69H,3-20,22,24-32,34,36-40,42,44-48,50,52-54H2,1-2H3,(H,63,66)/b23-21-,35-33+,43-41+,51-49+. The molecule has 9 heteroatoms. The third-order valence-corrected chi connectivity index (χ3v) is 14.4. The molecule has 0 bridgehead atoms. The lowest BCUT2D eigenvalue weighted by Crippen LogP contribution is -2.60. The summed E-state index contributed by atoms with van der Waals surface area (Å²) < 4.78 is 11.3. The Labute approximate surface area is 437 Å². The first-order valence-corrected chi connectivity index (χ1v) is 30.4. The van der Waals surface area contributed by atoms with Gasteiger partial charge in [0, 0.05) is 6.42 Å². The van der Waals surface area contributed by atoms with E-state index in [1.165, 1.54) is 218 Å². The smallest absolute Gasteiger partial charge is 0.220 e. The van der Waals surface area contributed by atoms with Crippen LogP contribution in [0.3, 0.4) is 0 Å². The van der Waals surface area contributed by atoms with Gasteiger partial charge in [0.2, 0.25) is 5.91 Å². The lowest BCUT2D eigenvalue weighted by atomic mass is 9.99. The maximum absolute atomic E-state index is 13.1. The maximum atomic E-state index is 13.1. The van der Waals surface area contributed by atoms with Crippen LogP contribution in [0.4, 0.5) is 0 Å². The van der Waals surface area contributed by atoms with Gasteiger partial charge < -0.3 is 40.3 Å². The van der Waals surface area contributed by atoms with Gasteiger partial charge >= 0.3 is 0 Å². The average Bonchev–Trinajstić information content (AvgIpc) is 3.37. The lowest BCUT2D eigenvalue weighted by Gasteiger charge is -2.40. The number of nitrogens with one attached hydrogen (secondary N) is 1. The Bertz CT molecular complexity index is 1250. The average molecular weight is 1000 g/mol. The van der Waals surface area contributed by atoms with Crippen molar-refractivity contribution in [3.8, 4) is 0 Å². The van der Waals surface area contributed by atoms with Crippen LogP contribution in [-0.4, -0.2) is 87.5 Å². The summed E-state index contributed by atoms with van der Waals surface area (Å²) in [6.07, 6.45) is 61.9. The van der Waals surface area contributed by atoms with Crippen molar-refractivity contribution < 1.29 is 39.8 Å². The topological polar surface area (TPSA) is 149 Å². The van der Waals surface area contributed by atoms with Crippen molar-refractivity contribution in [2.24, 2.45) is 0 Å². The summed E-state index contributed by atoms with van der Waals surface area (Å²) in [6, 6.07) is -0.829. The molecule has 0 aromatic heterocycles. The van der Waals surface area contributed by atoms with Crippen LogP contribution in [0, 0.1) is 0 Å². The predicted molar refractivity (Wildman–Crippen MR) is 299 cm³/mol. The summed E-state index contributed by atoms with van der Waals surface area (Å²) in [6.45, 7) is 3.78. The molecule has 7 unspecified atom stereocenters. The van der Waals surface area contributed by atoms with Crippen molar-refractivity contribution >= 4 is 5.91 Å². The molecule has 1 aliphatic rings. The number of unbranched alkanes of at least 4 members (excludes halogenated alkanes) is 36. The Kier molecular flexibility index (Phi) is 48.8. The minimum absolute atomic E-state index is 0.188. The van der Waals surface area contributed by atoms with Crippen LogP contribution in [0.15, 0.2) is 48.6 Å². The second kappa shape index (κ2) is 51.6. The zero-order valence-corrected chi connectivity index (χ0v) is 46.2. The van der Waals surface area contributed by atoms with Gasteiger partial charge in [-0.1, -0.05) is 255 Å². The number of hydrogen-bond acceptors (Lipinski definition) is 8. The Morgan fingerprint density at radius 1 is 0.465 bits per heavy atom. The summed E-state index contributed by atoms with van der Waals surface area (Å²) in [5.41, 5.74) is 0. The SMILES string of the molecule is CCCCCCCCCC/C=C\CCCCCCCCCCCCCCCCCC(=O)NC(COC1OC(CO)C(O)C(O)C1O)C(O)/C=C/CC/C=C/CC/C=C/CCCCCCCCCCCCC. The van der Waals surface area contributed by atoms with Gasteiger partial charge in [-0.05, 0) is 70.6 Å². The van der Waals surface area contributed by atoms with Gasteiger partial charge in [0.1, 0.15) is 24.4 Å². The molecule has 6 N–H and O–H groups in total.